The molecule has 0 aliphatic heterocycles. The van der Waals surface area contributed by atoms with Gasteiger partial charge in [0.15, 0.2) is 0 Å². The van der Waals surface area contributed by atoms with Crippen LogP contribution < -0.4 is 0 Å². The van der Waals surface area contributed by atoms with Crippen LogP contribution in [-0.2, 0) is 4.79 Å². The number of carbonyl (C=O) groups excluding carboxylic acids is 1. The number of aldehydes is 1. The van der Waals surface area contributed by atoms with Gasteiger partial charge in [-0.2, -0.15) is 13.3 Å². The zero-order chi connectivity index (χ0) is 6.83. The van der Waals surface area contributed by atoms with Gasteiger partial charge >= 0.3 is 23.1 Å². The summed E-state index contributed by atoms with van der Waals surface area (Å²) in [5.74, 6) is 0. The predicted octanol–water partition coefficient (Wildman–Crippen LogP) is 1.65. The summed E-state index contributed by atoms with van der Waals surface area (Å²) in [5.41, 5.74) is 0. The van der Waals surface area contributed by atoms with Crippen molar-refractivity contribution in [2.45, 2.75) is 26.7 Å². The Kier molecular flexibility index (Phi) is 42.7. The van der Waals surface area contributed by atoms with Crippen LogP contribution >= 0.6 is 0 Å². The second-order valence-electron chi connectivity index (χ2n) is 1.27. The molecule has 9 heavy (non-hydrogen) atoms. The zero-order valence-corrected chi connectivity index (χ0v) is 7.81. The van der Waals surface area contributed by atoms with E-state index in [9.17, 15) is 0 Å². The standard InChI is InChI=1S/C4H9.C3H5O.Mg/c1-3-4-2;1-2-3-4;/h3H,4H2,1-2H3;3H,1-2H2;/q2*-1;+2. The van der Waals surface area contributed by atoms with Crippen LogP contribution in [0.1, 0.15) is 26.7 Å². The maximum Gasteiger partial charge on any atom is 2.00 e. The van der Waals surface area contributed by atoms with Gasteiger partial charge in [-0.3, -0.25) is 0 Å². The van der Waals surface area contributed by atoms with E-state index in [2.05, 4.69) is 27.2 Å². The van der Waals surface area contributed by atoms with E-state index in [0.29, 0.717) is 6.42 Å². The number of rotatable bonds is 2. The van der Waals surface area contributed by atoms with E-state index in [1.165, 1.54) is 6.42 Å². The van der Waals surface area contributed by atoms with E-state index in [1.54, 1.807) is 0 Å². The summed E-state index contributed by atoms with van der Waals surface area (Å²) < 4.78 is 0. The van der Waals surface area contributed by atoms with E-state index in [-0.39, 0.29) is 23.1 Å². The van der Waals surface area contributed by atoms with Gasteiger partial charge in [-0.05, 0) is 0 Å². The van der Waals surface area contributed by atoms with E-state index in [0.717, 1.165) is 6.29 Å². The molecule has 0 rings (SSSR count). The normalized spacial score (nSPS) is 6.11. The van der Waals surface area contributed by atoms with Crippen molar-refractivity contribution in [2.75, 3.05) is 0 Å². The summed E-state index contributed by atoms with van der Waals surface area (Å²) in [5, 5.41) is 0. The van der Waals surface area contributed by atoms with Crippen LogP contribution in [0.3, 0.4) is 0 Å². The molecule has 0 aromatic rings. The Labute approximate surface area is 74.4 Å². The molecule has 0 saturated carbocycles. The van der Waals surface area contributed by atoms with Gasteiger partial charge in [-0.1, -0.05) is 6.92 Å². The average molecular weight is 138 g/mol. The average Bonchev–Trinajstić information content (AvgIpc) is 1.88. The summed E-state index contributed by atoms with van der Waals surface area (Å²) in [6, 6.07) is 0. The molecule has 0 N–H and O–H groups in total. The molecule has 0 aliphatic carbocycles. The third-order valence-electron chi connectivity index (χ3n) is 0.526. The van der Waals surface area contributed by atoms with Crippen molar-refractivity contribution in [1.29, 1.82) is 0 Å². The zero-order valence-electron chi connectivity index (χ0n) is 6.39. The Morgan fingerprint density at radius 3 is 1.89 bits per heavy atom. The monoisotopic (exact) mass is 138 g/mol. The van der Waals surface area contributed by atoms with Crippen LogP contribution in [0.5, 0.6) is 0 Å². The fraction of sp³-hybridized carbons (Fsp3) is 0.571. The predicted molar refractivity (Wildman–Crippen MR) is 42.1 cm³/mol. The van der Waals surface area contributed by atoms with Crippen LogP contribution in [0, 0.1) is 13.3 Å². The van der Waals surface area contributed by atoms with Crippen molar-refractivity contribution >= 4 is 29.3 Å². The fourth-order valence-corrected chi connectivity index (χ4v) is 0. The number of unbranched alkanes of at least 4 members (excludes halogenated alkanes) is 1. The molecule has 0 saturated heterocycles. The Morgan fingerprint density at radius 2 is 1.89 bits per heavy atom. The number of hydrogen-bond acceptors (Lipinski definition) is 1. The van der Waals surface area contributed by atoms with Crippen molar-refractivity contribution in [3.05, 3.63) is 13.3 Å². The van der Waals surface area contributed by atoms with Gasteiger partial charge in [0.2, 0.25) is 0 Å². The molecule has 0 aromatic carbocycles. The number of hydrogen-bond donors (Lipinski definition) is 0. The third kappa shape index (κ3) is 58.9. The molecule has 50 valence electrons. The van der Waals surface area contributed by atoms with Crippen molar-refractivity contribution in [3.8, 4) is 0 Å². The van der Waals surface area contributed by atoms with Gasteiger partial charge in [-0.25, -0.2) is 0 Å². The van der Waals surface area contributed by atoms with Crippen molar-refractivity contribution in [3.63, 3.8) is 0 Å². The molecule has 0 bridgehead atoms. The van der Waals surface area contributed by atoms with Gasteiger partial charge in [0, 0.05) is 0 Å². The minimum Gasteiger partial charge on any atom is -0.337 e. The first-order chi connectivity index (χ1) is 3.83. The Bertz CT molecular complexity index is 35.9. The largest absolute Gasteiger partial charge is 2.00 e. The smallest absolute Gasteiger partial charge is 0.337 e. The van der Waals surface area contributed by atoms with Gasteiger partial charge in [0.25, 0.3) is 0 Å². The van der Waals surface area contributed by atoms with Gasteiger partial charge in [0.05, 0.1) is 6.29 Å². The fourth-order valence-electron chi connectivity index (χ4n) is 0. The van der Waals surface area contributed by atoms with Gasteiger partial charge in [0.1, 0.15) is 0 Å². The van der Waals surface area contributed by atoms with Crippen LogP contribution in [0.4, 0.5) is 0 Å². The van der Waals surface area contributed by atoms with E-state index in [1.807, 2.05) is 0 Å². The summed E-state index contributed by atoms with van der Waals surface area (Å²) in [7, 11) is 0. The molecule has 1 nitrogen and oxygen atoms in total. The van der Waals surface area contributed by atoms with E-state index >= 15 is 0 Å². The van der Waals surface area contributed by atoms with Crippen LogP contribution in [0.15, 0.2) is 0 Å². The molecule has 0 atom stereocenters. The van der Waals surface area contributed by atoms with Crippen molar-refractivity contribution in [2.24, 2.45) is 0 Å². The molecule has 0 heterocycles. The van der Waals surface area contributed by atoms with Crippen LogP contribution in [0.2, 0.25) is 0 Å². The van der Waals surface area contributed by atoms with E-state index < -0.39 is 0 Å². The SMILES string of the molecule is C[CH-]CC.[CH2-]CC=O.[Mg+2]. The Balaban J connectivity index is -0.0000000720. The Hall–Kier alpha value is 0.436. The molecule has 0 unspecified atom stereocenters. The molecule has 2 heteroatoms. The first-order valence-corrected chi connectivity index (χ1v) is 2.84. The summed E-state index contributed by atoms with van der Waals surface area (Å²) in [6.07, 6.45) is 4.47. The molecule has 0 radical (unpaired) electrons. The van der Waals surface area contributed by atoms with Crippen molar-refractivity contribution < 1.29 is 4.79 Å². The van der Waals surface area contributed by atoms with Crippen molar-refractivity contribution in [1.82, 2.24) is 0 Å². The topological polar surface area (TPSA) is 17.1 Å². The first kappa shape index (κ1) is 16.2. The quantitative estimate of drug-likeness (QED) is 0.322. The first-order valence-electron chi connectivity index (χ1n) is 2.84. The molecule has 0 fully saturated rings. The summed E-state index contributed by atoms with van der Waals surface area (Å²) in [6.45, 7) is 7.42. The van der Waals surface area contributed by atoms with Gasteiger partial charge < -0.3 is 18.1 Å². The second kappa shape index (κ2) is 23.7. The molecule has 0 aliphatic rings. The minimum atomic E-state index is 0. The molecule has 0 spiro atoms. The molecular weight excluding hydrogens is 124 g/mol. The van der Waals surface area contributed by atoms with Crippen LogP contribution in [0.25, 0.3) is 0 Å². The minimum absolute atomic E-state index is 0. The molecule has 0 aromatic heterocycles. The maximum absolute atomic E-state index is 9.11. The van der Waals surface area contributed by atoms with E-state index in [4.69, 9.17) is 4.79 Å². The van der Waals surface area contributed by atoms with Crippen LogP contribution in [-0.4, -0.2) is 29.3 Å². The van der Waals surface area contributed by atoms with Gasteiger partial charge in [-0.15, -0.1) is 6.42 Å². The maximum atomic E-state index is 9.11. The Morgan fingerprint density at radius 1 is 1.67 bits per heavy atom. The third-order valence-corrected chi connectivity index (χ3v) is 0.526. The second-order valence-corrected chi connectivity index (χ2v) is 1.27. The molecular formula is C7H14MgO. The number of carbonyl (C=O) groups is 1. The summed E-state index contributed by atoms with van der Waals surface area (Å²) >= 11 is 0. The molecule has 0 amide bonds. The summed E-state index contributed by atoms with van der Waals surface area (Å²) in [4.78, 5) is 9.11.